The first kappa shape index (κ1) is 27.5. The van der Waals surface area contributed by atoms with Crippen LogP contribution in [0.2, 0.25) is 0 Å². The van der Waals surface area contributed by atoms with Crippen molar-refractivity contribution in [3.63, 3.8) is 0 Å². The Balaban J connectivity index is 1.15. The van der Waals surface area contributed by atoms with Crippen molar-refractivity contribution in [2.75, 3.05) is 4.90 Å². The lowest BCUT2D eigenvalue weighted by Crippen LogP contribution is -2.30. The van der Waals surface area contributed by atoms with E-state index in [1.165, 1.54) is 87.0 Å². The highest BCUT2D eigenvalue weighted by molar-refractivity contribution is 7.25. The number of thiophene rings is 1. The van der Waals surface area contributed by atoms with Gasteiger partial charge in [0.25, 0.3) is 0 Å². The highest BCUT2D eigenvalue weighted by Gasteiger charge is 2.37. The molecule has 1 aliphatic rings. The summed E-state index contributed by atoms with van der Waals surface area (Å²) in [6.45, 7) is 4.75. The number of para-hydroxylation sites is 3. The highest BCUT2D eigenvalue weighted by Crippen LogP contribution is 2.53. The zero-order valence-corrected chi connectivity index (χ0v) is 27.6. The first-order chi connectivity index (χ1) is 23.6. The molecule has 0 radical (unpaired) electrons. The van der Waals surface area contributed by atoms with Gasteiger partial charge in [-0.15, -0.1) is 11.3 Å². The van der Waals surface area contributed by atoms with Gasteiger partial charge < -0.3 is 9.47 Å². The number of hydrogen-bond donors (Lipinski definition) is 0. The third-order valence-corrected chi connectivity index (χ3v) is 11.5. The number of benzene rings is 7. The van der Waals surface area contributed by atoms with Crippen LogP contribution in [0.15, 0.2) is 158 Å². The molecule has 10 rings (SSSR count). The van der Waals surface area contributed by atoms with Gasteiger partial charge in [-0.1, -0.05) is 105 Å². The molecule has 0 unspecified atom stereocenters. The number of hydrogen-bond acceptors (Lipinski definition) is 2. The van der Waals surface area contributed by atoms with Crippen LogP contribution in [0.25, 0.3) is 58.8 Å². The second-order valence-corrected chi connectivity index (χ2v) is 14.5. The van der Waals surface area contributed by atoms with E-state index in [2.05, 4.69) is 181 Å². The van der Waals surface area contributed by atoms with Crippen LogP contribution < -0.4 is 4.90 Å². The number of rotatable bonds is 3. The quantitative estimate of drug-likeness (QED) is 0.188. The molecular weight excluding hydrogens is 601 g/mol. The van der Waals surface area contributed by atoms with Crippen LogP contribution in [-0.2, 0) is 5.41 Å². The third-order valence-electron chi connectivity index (χ3n) is 10.4. The molecule has 48 heavy (non-hydrogen) atoms. The Hall–Kier alpha value is -5.64. The number of nitrogens with zero attached hydrogens (tertiary/aromatic N) is 2. The van der Waals surface area contributed by atoms with Crippen molar-refractivity contribution in [1.82, 2.24) is 4.57 Å². The molecule has 2 nitrogen and oxygen atoms in total. The van der Waals surface area contributed by atoms with E-state index in [1.807, 2.05) is 11.3 Å². The van der Waals surface area contributed by atoms with E-state index in [4.69, 9.17) is 0 Å². The summed E-state index contributed by atoms with van der Waals surface area (Å²) in [6.07, 6.45) is 0. The lowest BCUT2D eigenvalue weighted by Gasteiger charge is -2.42. The Labute approximate surface area is 283 Å². The maximum atomic E-state index is 2.47. The fourth-order valence-corrected chi connectivity index (χ4v) is 9.16. The SMILES string of the molecule is CC1(C)c2ccccc2N(c2ccc3c(c2)sc2ccccc23)c2ccc(-c3ccc4c(c3)c3ccccc3n4-c3ccccc3)cc21. The predicted octanol–water partition coefficient (Wildman–Crippen LogP) is 12.9. The zero-order valence-electron chi connectivity index (χ0n) is 26.8. The van der Waals surface area contributed by atoms with E-state index in [1.54, 1.807) is 0 Å². The van der Waals surface area contributed by atoms with Gasteiger partial charge in [0.15, 0.2) is 0 Å². The van der Waals surface area contributed by atoms with Crippen molar-refractivity contribution in [1.29, 1.82) is 0 Å². The first-order valence-electron chi connectivity index (χ1n) is 16.6. The van der Waals surface area contributed by atoms with Crippen molar-refractivity contribution in [2.24, 2.45) is 0 Å². The lowest BCUT2D eigenvalue weighted by atomic mass is 9.73. The fourth-order valence-electron chi connectivity index (χ4n) is 8.02. The molecule has 0 saturated heterocycles. The summed E-state index contributed by atoms with van der Waals surface area (Å²) in [4.78, 5) is 2.47. The van der Waals surface area contributed by atoms with E-state index in [9.17, 15) is 0 Å². The Bertz CT molecular complexity index is 2710. The molecule has 0 spiro atoms. The van der Waals surface area contributed by atoms with Crippen LogP contribution in [0.1, 0.15) is 25.0 Å². The van der Waals surface area contributed by atoms with Crippen molar-refractivity contribution in [3.8, 4) is 16.8 Å². The Morgan fingerprint density at radius 3 is 2.00 bits per heavy atom. The fraction of sp³-hybridized carbons (Fsp3) is 0.0667. The molecule has 0 saturated carbocycles. The average molecular weight is 633 g/mol. The number of aromatic nitrogens is 1. The summed E-state index contributed by atoms with van der Waals surface area (Å²) in [5.41, 5.74) is 12.3. The average Bonchev–Trinajstić information content (AvgIpc) is 3.67. The van der Waals surface area contributed by atoms with Gasteiger partial charge in [-0.25, -0.2) is 0 Å². The van der Waals surface area contributed by atoms with Gasteiger partial charge in [-0.2, -0.15) is 0 Å². The number of anilines is 3. The molecule has 3 heterocycles. The standard InChI is InChI=1S/C45H32N2S/c1-45(2)37-16-8-10-18-41(37)47(32-22-23-35-34-15-7-11-19-43(34)48-44(35)28-32)42-25-21-30(27-38(42)45)29-20-24-40-36(26-29)33-14-6-9-17-39(33)46(40)31-12-4-3-5-13-31/h3-28H,1-2H3. The van der Waals surface area contributed by atoms with Gasteiger partial charge in [0, 0.05) is 47.7 Å². The summed E-state index contributed by atoms with van der Waals surface area (Å²) in [5, 5.41) is 5.20. The zero-order chi connectivity index (χ0) is 32.0. The minimum Gasteiger partial charge on any atom is -0.310 e. The van der Waals surface area contributed by atoms with E-state index in [0.29, 0.717) is 0 Å². The summed E-state index contributed by atoms with van der Waals surface area (Å²) in [5.74, 6) is 0. The van der Waals surface area contributed by atoms with Crippen LogP contribution in [0.3, 0.4) is 0 Å². The minimum absolute atomic E-state index is 0.173. The van der Waals surface area contributed by atoms with Crippen molar-refractivity contribution < 1.29 is 0 Å². The van der Waals surface area contributed by atoms with Gasteiger partial charge in [0.05, 0.1) is 22.4 Å². The second-order valence-electron chi connectivity index (χ2n) is 13.4. The van der Waals surface area contributed by atoms with Crippen LogP contribution in [0.4, 0.5) is 17.1 Å². The van der Waals surface area contributed by atoms with Crippen LogP contribution in [0, 0.1) is 0 Å². The normalized spacial score (nSPS) is 13.8. The van der Waals surface area contributed by atoms with Crippen LogP contribution in [-0.4, -0.2) is 4.57 Å². The molecule has 3 heteroatoms. The molecule has 2 aromatic heterocycles. The first-order valence-corrected chi connectivity index (χ1v) is 17.4. The largest absolute Gasteiger partial charge is 0.310 e. The Kier molecular flexibility index (Phi) is 5.82. The van der Waals surface area contributed by atoms with Crippen LogP contribution >= 0.6 is 11.3 Å². The van der Waals surface area contributed by atoms with E-state index in [0.717, 1.165) is 0 Å². The predicted molar refractivity (Wildman–Crippen MR) is 206 cm³/mol. The van der Waals surface area contributed by atoms with Crippen molar-refractivity contribution >= 4 is 70.4 Å². The van der Waals surface area contributed by atoms with Gasteiger partial charge in [0.1, 0.15) is 0 Å². The number of fused-ring (bicyclic) bond motifs is 8. The Morgan fingerprint density at radius 2 is 1.10 bits per heavy atom. The molecule has 228 valence electrons. The smallest absolute Gasteiger partial charge is 0.0541 e. The van der Waals surface area contributed by atoms with Crippen LogP contribution in [0.5, 0.6) is 0 Å². The molecule has 9 aromatic rings. The summed E-state index contributed by atoms with van der Waals surface area (Å²) in [6, 6.07) is 58.1. The minimum atomic E-state index is -0.173. The third kappa shape index (κ3) is 3.92. The monoisotopic (exact) mass is 632 g/mol. The molecule has 0 atom stereocenters. The molecule has 7 aromatic carbocycles. The van der Waals surface area contributed by atoms with Crippen molar-refractivity contribution in [3.05, 3.63) is 169 Å². The maximum absolute atomic E-state index is 2.47. The molecule has 0 fully saturated rings. The highest BCUT2D eigenvalue weighted by atomic mass is 32.1. The van der Waals surface area contributed by atoms with Gasteiger partial charge in [0.2, 0.25) is 0 Å². The van der Waals surface area contributed by atoms with E-state index in [-0.39, 0.29) is 5.41 Å². The molecule has 0 aliphatic carbocycles. The Morgan fingerprint density at radius 1 is 0.438 bits per heavy atom. The van der Waals surface area contributed by atoms with Gasteiger partial charge in [-0.3, -0.25) is 0 Å². The summed E-state index contributed by atoms with van der Waals surface area (Å²) in [7, 11) is 0. The van der Waals surface area contributed by atoms with E-state index >= 15 is 0 Å². The summed E-state index contributed by atoms with van der Waals surface area (Å²) >= 11 is 1.88. The maximum Gasteiger partial charge on any atom is 0.0541 e. The molecule has 0 N–H and O–H groups in total. The second kappa shape index (κ2) is 10.2. The molecular formula is C45H32N2S. The molecule has 0 amide bonds. The van der Waals surface area contributed by atoms with E-state index < -0.39 is 0 Å². The lowest BCUT2D eigenvalue weighted by molar-refractivity contribution is 0.632. The molecule has 0 bridgehead atoms. The van der Waals surface area contributed by atoms with Crippen molar-refractivity contribution in [2.45, 2.75) is 19.3 Å². The summed E-state index contributed by atoms with van der Waals surface area (Å²) < 4.78 is 5.03. The topological polar surface area (TPSA) is 8.17 Å². The molecule has 1 aliphatic heterocycles. The van der Waals surface area contributed by atoms with Gasteiger partial charge >= 0.3 is 0 Å². The van der Waals surface area contributed by atoms with Gasteiger partial charge in [-0.05, 0) is 89.0 Å².